The van der Waals surface area contributed by atoms with E-state index in [-0.39, 0.29) is 12.6 Å². The number of aliphatic hydroxyl groups excluding tert-OH is 1. The van der Waals surface area contributed by atoms with Crippen LogP contribution in [0.5, 0.6) is 0 Å². The summed E-state index contributed by atoms with van der Waals surface area (Å²) in [7, 11) is 0. The number of pyridine rings is 1. The fraction of sp³-hybridized carbons (Fsp3) is 0.500. The lowest BCUT2D eigenvalue weighted by molar-refractivity contribution is 0.322. The Kier molecular flexibility index (Phi) is 4.93. The Morgan fingerprint density at radius 1 is 1.57 bits per heavy atom. The number of rotatable bonds is 5. The molecular formula is C10H16N2OS. The van der Waals surface area contributed by atoms with Gasteiger partial charge >= 0.3 is 0 Å². The Bertz CT molecular complexity index is 263. The summed E-state index contributed by atoms with van der Waals surface area (Å²) in [5.41, 5.74) is 6.77. The molecule has 0 radical (unpaired) electrons. The molecule has 0 unspecified atom stereocenters. The third-order valence-electron chi connectivity index (χ3n) is 1.94. The minimum atomic E-state index is 0.0342. The molecule has 1 aromatic rings. The van der Waals surface area contributed by atoms with Gasteiger partial charge in [0.2, 0.25) is 0 Å². The van der Waals surface area contributed by atoms with Crippen LogP contribution < -0.4 is 5.73 Å². The summed E-state index contributed by atoms with van der Waals surface area (Å²) in [4.78, 5) is 5.35. The second-order valence-corrected chi connectivity index (χ2v) is 4.17. The SMILES string of the molecule is CC[C@@H](N)c1ccc(SCCO)cn1. The van der Waals surface area contributed by atoms with Gasteiger partial charge in [-0.05, 0) is 18.6 Å². The van der Waals surface area contributed by atoms with Gasteiger partial charge in [0, 0.05) is 22.9 Å². The molecule has 0 spiro atoms. The first kappa shape index (κ1) is 11.5. The molecule has 3 nitrogen and oxygen atoms in total. The van der Waals surface area contributed by atoms with E-state index in [1.807, 2.05) is 25.3 Å². The number of thioether (sulfide) groups is 1. The van der Waals surface area contributed by atoms with Crippen LogP contribution in [-0.4, -0.2) is 22.5 Å². The van der Waals surface area contributed by atoms with Gasteiger partial charge in [-0.25, -0.2) is 0 Å². The predicted octanol–water partition coefficient (Wildman–Crippen LogP) is 1.58. The maximum absolute atomic E-state index is 8.65. The maximum Gasteiger partial charge on any atom is 0.0571 e. The van der Waals surface area contributed by atoms with Crippen molar-refractivity contribution in [3.63, 3.8) is 0 Å². The van der Waals surface area contributed by atoms with Crippen molar-refractivity contribution in [2.45, 2.75) is 24.3 Å². The van der Waals surface area contributed by atoms with Crippen LogP contribution >= 0.6 is 11.8 Å². The highest BCUT2D eigenvalue weighted by atomic mass is 32.2. The van der Waals surface area contributed by atoms with Crippen molar-refractivity contribution in [2.75, 3.05) is 12.4 Å². The van der Waals surface area contributed by atoms with E-state index in [0.717, 1.165) is 17.0 Å². The molecule has 4 heteroatoms. The summed E-state index contributed by atoms with van der Waals surface area (Å²) < 4.78 is 0. The molecule has 1 heterocycles. The molecule has 0 aliphatic rings. The second-order valence-electron chi connectivity index (χ2n) is 3.01. The third kappa shape index (κ3) is 3.29. The zero-order valence-electron chi connectivity index (χ0n) is 8.31. The Labute approximate surface area is 88.7 Å². The van der Waals surface area contributed by atoms with Gasteiger partial charge in [0.05, 0.1) is 12.3 Å². The molecule has 1 aromatic heterocycles. The van der Waals surface area contributed by atoms with Gasteiger partial charge in [0.15, 0.2) is 0 Å². The number of hydrogen-bond donors (Lipinski definition) is 2. The van der Waals surface area contributed by atoms with E-state index in [1.54, 1.807) is 11.8 Å². The van der Waals surface area contributed by atoms with Gasteiger partial charge in [-0.3, -0.25) is 4.98 Å². The number of aromatic nitrogens is 1. The maximum atomic E-state index is 8.65. The van der Waals surface area contributed by atoms with Gasteiger partial charge in [-0.2, -0.15) is 0 Å². The van der Waals surface area contributed by atoms with Gasteiger partial charge in [0.1, 0.15) is 0 Å². The summed E-state index contributed by atoms with van der Waals surface area (Å²) in [5.74, 6) is 0.709. The van der Waals surface area contributed by atoms with E-state index in [2.05, 4.69) is 4.98 Å². The fourth-order valence-corrected chi connectivity index (χ4v) is 1.69. The zero-order chi connectivity index (χ0) is 10.4. The van der Waals surface area contributed by atoms with Crippen molar-refractivity contribution in [1.82, 2.24) is 4.98 Å². The molecule has 1 rings (SSSR count). The second kappa shape index (κ2) is 6.01. The van der Waals surface area contributed by atoms with Gasteiger partial charge in [0.25, 0.3) is 0 Å². The molecule has 3 N–H and O–H groups in total. The number of nitrogens with zero attached hydrogens (tertiary/aromatic N) is 1. The molecule has 0 amide bonds. The molecule has 0 aliphatic carbocycles. The van der Waals surface area contributed by atoms with Crippen LogP contribution in [0.15, 0.2) is 23.2 Å². The summed E-state index contributed by atoms with van der Waals surface area (Å²) >= 11 is 1.60. The largest absolute Gasteiger partial charge is 0.396 e. The minimum Gasteiger partial charge on any atom is -0.396 e. The zero-order valence-corrected chi connectivity index (χ0v) is 9.13. The predicted molar refractivity (Wildman–Crippen MR) is 59.3 cm³/mol. The first-order valence-electron chi connectivity index (χ1n) is 4.73. The molecule has 0 aromatic carbocycles. The van der Waals surface area contributed by atoms with Crippen LogP contribution in [0.2, 0.25) is 0 Å². The lowest BCUT2D eigenvalue weighted by Crippen LogP contribution is -2.10. The van der Waals surface area contributed by atoms with Gasteiger partial charge in [-0.15, -0.1) is 11.8 Å². The highest BCUT2D eigenvalue weighted by Crippen LogP contribution is 2.18. The lowest BCUT2D eigenvalue weighted by atomic mass is 10.1. The molecular weight excluding hydrogens is 196 g/mol. The Balaban J connectivity index is 2.59. The van der Waals surface area contributed by atoms with E-state index < -0.39 is 0 Å². The average molecular weight is 212 g/mol. The van der Waals surface area contributed by atoms with Crippen LogP contribution in [0, 0.1) is 0 Å². The van der Waals surface area contributed by atoms with E-state index in [0.29, 0.717) is 5.75 Å². The first-order chi connectivity index (χ1) is 6.77. The average Bonchev–Trinajstić information content (AvgIpc) is 2.26. The highest BCUT2D eigenvalue weighted by molar-refractivity contribution is 7.99. The Morgan fingerprint density at radius 2 is 2.36 bits per heavy atom. The van der Waals surface area contributed by atoms with Crippen LogP contribution in [0.4, 0.5) is 0 Å². The van der Waals surface area contributed by atoms with Crippen molar-refractivity contribution in [3.05, 3.63) is 24.0 Å². The van der Waals surface area contributed by atoms with E-state index in [1.165, 1.54) is 0 Å². The van der Waals surface area contributed by atoms with E-state index in [4.69, 9.17) is 10.8 Å². The van der Waals surface area contributed by atoms with Crippen molar-refractivity contribution in [2.24, 2.45) is 5.73 Å². The normalized spacial score (nSPS) is 12.8. The molecule has 0 saturated carbocycles. The first-order valence-corrected chi connectivity index (χ1v) is 5.71. The number of nitrogens with two attached hydrogens (primary N) is 1. The van der Waals surface area contributed by atoms with Crippen LogP contribution in [0.1, 0.15) is 25.1 Å². The van der Waals surface area contributed by atoms with Crippen LogP contribution in [0.3, 0.4) is 0 Å². The molecule has 0 fully saturated rings. The monoisotopic (exact) mass is 212 g/mol. The summed E-state index contributed by atoms with van der Waals surface area (Å²) in [5, 5.41) is 8.65. The smallest absolute Gasteiger partial charge is 0.0571 e. The molecule has 0 aliphatic heterocycles. The van der Waals surface area contributed by atoms with E-state index >= 15 is 0 Å². The number of hydrogen-bond acceptors (Lipinski definition) is 4. The van der Waals surface area contributed by atoms with Crippen molar-refractivity contribution in [3.8, 4) is 0 Å². The molecule has 78 valence electrons. The quantitative estimate of drug-likeness (QED) is 0.727. The molecule has 0 bridgehead atoms. The Hall–Kier alpha value is -0.580. The lowest BCUT2D eigenvalue weighted by Gasteiger charge is -2.08. The Morgan fingerprint density at radius 3 is 2.86 bits per heavy atom. The summed E-state index contributed by atoms with van der Waals surface area (Å²) in [6, 6.07) is 3.98. The van der Waals surface area contributed by atoms with Gasteiger partial charge < -0.3 is 10.8 Å². The topological polar surface area (TPSA) is 59.1 Å². The van der Waals surface area contributed by atoms with Crippen LogP contribution in [0.25, 0.3) is 0 Å². The molecule has 14 heavy (non-hydrogen) atoms. The summed E-state index contributed by atoms with van der Waals surface area (Å²) in [6.07, 6.45) is 2.71. The van der Waals surface area contributed by atoms with Crippen molar-refractivity contribution < 1.29 is 5.11 Å². The minimum absolute atomic E-state index is 0.0342. The fourth-order valence-electron chi connectivity index (χ4n) is 1.07. The van der Waals surface area contributed by atoms with Crippen LogP contribution in [-0.2, 0) is 0 Å². The van der Waals surface area contributed by atoms with Crippen molar-refractivity contribution in [1.29, 1.82) is 0 Å². The highest BCUT2D eigenvalue weighted by Gasteiger charge is 2.03. The van der Waals surface area contributed by atoms with E-state index in [9.17, 15) is 0 Å². The van der Waals surface area contributed by atoms with Crippen molar-refractivity contribution >= 4 is 11.8 Å². The molecule has 1 atom stereocenters. The van der Waals surface area contributed by atoms with Gasteiger partial charge in [-0.1, -0.05) is 6.92 Å². The standard InChI is InChI=1S/C10H16N2OS/c1-2-9(11)10-4-3-8(7-12-10)14-6-5-13/h3-4,7,9,13H,2,5-6,11H2,1H3/t9-/m1/s1. The summed E-state index contributed by atoms with van der Waals surface area (Å²) in [6.45, 7) is 2.24. The molecule has 0 saturated heterocycles. The number of aliphatic hydroxyl groups is 1. The third-order valence-corrected chi connectivity index (χ3v) is 2.90.